The summed E-state index contributed by atoms with van der Waals surface area (Å²) in [6.45, 7) is 3.05. The molecule has 1 aliphatic rings. The first-order valence-electron chi connectivity index (χ1n) is 7.64. The summed E-state index contributed by atoms with van der Waals surface area (Å²) in [4.78, 5) is 22.6. The van der Waals surface area contributed by atoms with Crippen LogP contribution in [0, 0.1) is 0 Å². The summed E-state index contributed by atoms with van der Waals surface area (Å²) in [5.74, 6) is 0.637. The van der Waals surface area contributed by atoms with Gasteiger partial charge in [-0.2, -0.15) is 0 Å². The van der Waals surface area contributed by atoms with Crippen molar-refractivity contribution in [2.45, 2.75) is 26.2 Å². The molecule has 0 aromatic carbocycles. The Morgan fingerprint density at radius 1 is 1.21 bits per heavy atom. The van der Waals surface area contributed by atoms with Gasteiger partial charge < -0.3 is 15.5 Å². The fourth-order valence-electron chi connectivity index (χ4n) is 2.48. The van der Waals surface area contributed by atoms with Crippen LogP contribution in [-0.4, -0.2) is 26.9 Å². The Morgan fingerprint density at radius 3 is 2.50 bits per heavy atom. The first-order valence-corrected chi connectivity index (χ1v) is 8.43. The van der Waals surface area contributed by atoms with Gasteiger partial charge in [-0.1, -0.05) is 12.1 Å². The molecular formula is C17H18BrN5O. The maximum atomic E-state index is 12.7. The average molecular weight is 388 g/mol. The van der Waals surface area contributed by atoms with Crippen molar-refractivity contribution in [1.29, 1.82) is 0 Å². The highest BCUT2D eigenvalue weighted by Crippen LogP contribution is 2.22. The van der Waals surface area contributed by atoms with Crippen LogP contribution >= 0.6 is 15.9 Å². The second-order valence-electron chi connectivity index (χ2n) is 5.52. The minimum absolute atomic E-state index is 0.0567. The molecule has 0 bridgehead atoms. The lowest BCUT2D eigenvalue weighted by atomic mass is 10.2. The van der Waals surface area contributed by atoms with Crippen LogP contribution in [0.25, 0.3) is 0 Å². The van der Waals surface area contributed by atoms with Crippen molar-refractivity contribution < 1.29 is 4.79 Å². The number of aromatic nitrogens is 2. The zero-order chi connectivity index (χ0) is 16.9. The van der Waals surface area contributed by atoms with Gasteiger partial charge in [0.1, 0.15) is 16.5 Å². The Morgan fingerprint density at radius 2 is 1.88 bits per heavy atom. The van der Waals surface area contributed by atoms with Crippen molar-refractivity contribution in [2.24, 2.45) is 0 Å². The molecular weight excluding hydrogens is 370 g/mol. The third-order valence-corrected chi connectivity index (χ3v) is 4.49. The van der Waals surface area contributed by atoms with Gasteiger partial charge in [0, 0.05) is 37.9 Å². The predicted octanol–water partition coefficient (Wildman–Crippen LogP) is 2.11. The number of hydrogen-bond acceptors (Lipinski definition) is 5. The maximum Gasteiger partial charge on any atom is 0.266 e. The molecule has 0 aliphatic carbocycles. The van der Waals surface area contributed by atoms with Gasteiger partial charge in [0.15, 0.2) is 0 Å². The molecule has 2 aromatic heterocycles. The number of hydrogen-bond donors (Lipinski definition) is 2. The second-order valence-corrected chi connectivity index (χ2v) is 6.31. The Balaban J connectivity index is 1.70. The molecule has 0 saturated carbocycles. The Kier molecular flexibility index (Phi) is 5.10. The molecule has 124 valence electrons. The van der Waals surface area contributed by atoms with Crippen LogP contribution in [0.1, 0.15) is 18.1 Å². The molecule has 24 heavy (non-hydrogen) atoms. The van der Waals surface area contributed by atoms with Gasteiger partial charge in [0.25, 0.3) is 5.91 Å². The van der Waals surface area contributed by atoms with Gasteiger partial charge in [-0.15, -0.1) is 0 Å². The maximum absolute atomic E-state index is 12.7. The molecule has 3 rings (SSSR count). The Labute approximate surface area is 149 Å². The minimum atomic E-state index is -0.129. The fraction of sp³-hybridized carbons (Fsp3) is 0.235. The van der Waals surface area contributed by atoms with Gasteiger partial charge in [-0.05, 0) is 46.1 Å². The van der Waals surface area contributed by atoms with Crippen molar-refractivity contribution in [3.63, 3.8) is 0 Å². The third kappa shape index (κ3) is 3.73. The van der Waals surface area contributed by atoms with Crippen LogP contribution in [0.4, 0.5) is 0 Å². The summed E-state index contributed by atoms with van der Waals surface area (Å²) in [5, 5.41) is 6.58. The van der Waals surface area contributed by atoms with Crippen LogP contribution in [0.15, 0.2) is 59.4 Å². The molecule has 0 fully saturated rings. The molecule has 0 radical (unpaired) electrons. The Hall–Kier alpha value is -2.41. The number of nitrogens with one attached hydrogen (secondary N) is 2. The first-order chi connectivity index (χ1) is 11.6. The smallest absolute Gasteiger partial charge is 0.266 e. The lowest BCUT2D eigenvalue weighted by molar-refractivity contribution is -0.130. The summed E-state index contributed by atoms with van der Waals surface area (Å²) >= 11 is 3.41. The first kappa shape index (κ1) is 16.4. The summed E-state index contributed by atoms with van der Waals surface area (Å²) in [5.41, 5.74) is 2.04. The zero-order valence-electron chi connectivity index (χ0n) is 13.2. The van der Waals surface area contributed by atoms with Gasteiger partial charge in [-0.3, -0.25) is 14.8 Å². The van der Waals surface area contributed by atoms with E-state index >= 15 is 0 Å². The van der Waals surface area contributed by atoms with Crippen LogP contribution in [0.5, 0.6) is 0 Å². The number of carbonyl (C=O) groups is 1. The van der Waals surface area contributed by atoms with E-state index in [1.165, 1.54) is 0 Å². The van der Waals surface area contributed by atoms with Gasteiger partial charge in [-0.25, -0.2) is 0 Å². The molecule has 1 amide bonds. The number of rotatable bonds is 5. The molecule has 2 N–H and O–H groups in total. The second kappa shape index (κ2) is 7.44. The minimum Gasteiger partial charge on any atom is -0.367 e. The largest absolute Gasteiger partial charge is 0.367 e. The van der Waals surface area contributed by atoms with Crippen molar-refractivity contribution in [3.8, 4) is 0 Å². The molecule has 2 aromatic rings. The number of halogens is 1. The van der Waals surface area contributed by atoms with E-state index in [2.05, 4.69) is 36.5 Å². The topological polar surface area (TPSA) is 70.2 Å². The Bertz CT molecular complexity index is 735. The molecule has 0 spiro atoms. The quantitative estimate of drug-likeness (QED) is 0.821. The zero-order valence-corrected chi connectivity index (χ0v) is 14.8. The lowest BCUT2D eigenvalue weighted by Gasteiger charge is -2.36. The van der Waals surface area contributed by atoms with Gasteiger partial charge in [0.05, 0.1) is 0 Å². The molecule has 0 saturated heterocycles. The van der Waals surface area contributed by atoms with Crippen molar-refractivity contribution in [1.82, 2.24) is 25.5 Å². The summed E-state index contributed by atoms with van der Waals surface area (Å²) in [6.07, 6.45) is 6.90. The van der Waals surface area contributed by atoms with Crippen LogP contribution in [0.3, 0.4) is 0 Å². The lowest BCUT2D eigenvalue weighted by Crippen LogP contribution is -2.53. The summed E-state index contributed by atoms with van der Waals surface area (Å²) in [6, 6.07) is 7.70. The molecule has 1 unspecified atom stereocenters. The fourth-order valence-corrected chi connectivity index (χ4v) is 2.96. The molecule has 1 atom stereocenters. The van der Waals surface area contributed by atoms with Crippen LogP contribution in [0.2, 0.25) is 0 Å². The van der Waals surface area contributed by atoms with Crippen LogP contribution in [-0.2, 0) is 17.9 Å². The van der Waals surface area contributed by atoms with E-state index in [4.69, 9.17) is 0 Å². The summed E-state index contributed by atoms with van der Waals surface area (Å²) < 4.78 is 0.494. The number of carbonyl (C=O) groups excluding carboxylic acids is 1. The monoisotopic (exact) mass is 387 g/mol. The highest BCUT2D eigenvalue weighted by Gasteiger charge is 2.30. The molecule has 1 aliphatic heterocycles. The van der Waals surface area contributed by atoms with E-state index in [1.54, 1.807) is 29.7 Å². The number of nitrogens with zero attached hydrogens (tertiary/aromatic N) is 3. The highest BCUT2D eigenvalue weighted by atomic mass is 79.9. The normalized spacial score (nSPS) is 17.7. The molecule has 6 nitrogen and oxygen atoms in total. The third-order valence-electron chi connectivity index (χ3n) is 3.76. The SMILES string of the molecule is CC1NC(NCc2cccnc2)=C(Br)C(=O)N1Cc1cccnc1. The van der Waals surface area contributed by atoms with Gasteiger partial charge in [0.2, 0.25) is 0 Å². The van der Waals surface area contributed by atoms with Crippen molar-refractivity contribution in [2.75, 3.05) is 0 Å². The standard InChI is InChI=1S/C17H18BrN5O/c1-12-22-16(21-10-13-4-2-6-19-8-13)15(18)17(24)23(12)11-14-5-3-7-20-9-14/h2-9,12,21-22H,10-11H2,1H3. The van der Waals surface area contributed by atoms with Crippen molar-refractivity contribution in [3.05, 3.63) is 70.5 Å². The van der Waals surface area contributed by atoms with E-state index in [9.17, 15) is 4.79 Å². The van der Waals surface area contributed by atoms with E-state index in [0.717, 1.165) is 11.1 Å². The van der Waals surface area contributed by atoms with E-state index in [-0.39, 0.29) is 12.1 Å². The molecule has 3 heterocycles. The number of pyridine rings is 2. The van der Waals surface area contributed by atoms with Crippen molar-refractivity contribution >= 4 is 21.8 Å². The van der Waals surface area contributed by atoms with Crippen LogP contribution < -0.4 is 10.6 Å². The summed E-state index contributed by atoms with van der Waals surface area (Å²) in [7, 11) is 0. The highest BCUT2D eigenvalue weighted by molar-refractivity contribution is 9.12. The number of amides is 1. The van der Waals surface area contributed by atoms with E-state index < -0.39 is 0 Å². The van der Waals surface area contributed by atoms with E-state index in [0.29, 0.717) is 23.4 Å². The predicted molar refractivity (Wildman–Crippen MR) is 94.4 cm³/mol. The van der Waals surface area contributed by atoms with Gasteiger partial charge >= 0.3 is 0 Å². The average Bonchev–Trinajstić information content (AvgIpc) is 2.62. The van der Waals surface area contributed by atoms with E-state index in [1.807, 2.05) is 31.2 Å². The molecule has 7 heteroatoms.